The number of rotatable bonds is 3. The highest BCUT2D eigenvalue weighted by Gasteiger charge is 2.22. The van der Waals surface area contributed by atoms with E-state index >= 15 is 0 Å². The molecule has 3 rings (SSSR count). The fraction of sp³-hybridized carbons (Fsp3) is 0.412. The number of nitrogens with one attached hydrogen (secondary N) is 1. The number of aromatic carboxylic acids is 1. The van der Waals surface area contributed by atoms with Crippen LogP contribution < -0.4 is 5.32 Å². The first-order valence-electron chi connectivity index (χ1n) is 7.77. The second-order valence-electron chi connectivity index (χ2n) is 6.02. The summed E-state index contributed by atoms with van der Waals surface area (Å²) >= 11 is 0. The highest BCUT2D eigenvalue weighted by Crippen LogP contribution is 2.31. The Morgan fingerprint density at radius 2 is 2.18 bits per heavy atom. The summed E-state index contributed by atoms with van der Waals surface area (Å²) in [6.45, 7) is 5.21. The molecule has 0 bridgehead atoms. The Kier molecular flexibility index (Phi) is 3.88. The standard InChI is InChI=1S/C17H21N3O2/c1-11(2)15-14-8-3-4-9-18-16(14)20(19-15)13-7-5-6-12(10-13)17(21)22/h5-7,10-11,18H,3-4,8-9H2,1-2H3,(H,21,22). The molecule has 0 aliphatic carbocycles. The van der Waals surface area contributed by atoms with Gasteiger partial charge in [0.05, 0.1) is 16.9 Å². The molecule has 1 aliphatic rings. The lowest BCUT2D eigenvalue weighted by molar-refractivity contribution is 0.0697. The molecule has 2 aromatic rings. The van der Waals surface area contributed by atoms with Crippen molar-refractivity contribution in [3.05, 3.63) is 41.1 Å². The summed E-state index contributed by atoms with van der Waals surface area (Å²) in [5.41, 5.74) is 3.44. The van der Waals surface area contributed by atoms with Crippen LogP contribution in [0.25, 0.3) is 5.69 Å². The van der Waals surface area contributed by atoms with Gasteiger partial charge in [-0.15, -0.1) is 0 Å². The summed E-state index contributed by atoms with van der Waals surface area (Å²) < 4.78 is 1.86. The summed E-state index contributed by atoms with van der Waals surface area (Å²) in [5.74, 6) is 0.443. The maximum Gasteiger partial charge on any atom is 0.335 e. The monoisotopic (exact) mass is 299 g/mol. The average Bonchev–Trinajstić information content (AvgIpc) is 2.70. The second kappa shape index (κ2) is 5.83. The molecule has 0 saturated carbocycles. The van der Waals surface area contributed by atoms with Crippen LogP contribution in [-0.4, -0.2) is 27.4 Å². The van der Waals surface area contributed by atoms with Gasteiger partial charge >= 0.3 is 5.97 Å². The summed E-state index contributed by atoms with van der Waals surface area (Å²) in [6, 6.07) is 6.94. The Balaban J connectivity index is 2.14. The molecular formula is C17H21N3O2. The molecule has 0 fully saturated rings. The Morgan fingerprint density at radius 3 is 2.91 bits per heavy atom. The van der Waals surface area contributed by atoms with Crippen LogP contribution in [0.5, 0.6) is 0 Å². The van der Waals surface area contributed by atoms with Crippen LogP contribution in [0.2, 0.25) is 0 Å². The van der Waals surface area contributed by atoms with Gasteiger partial charge < -0.3 is 10.4 Å². The van der Waals surface area contributed by atoms with Crippen LogP contribution in [0.15, 0.2) is 24.3 Å². The molecule has 5 heteroatoms. The molecule has 0 atom stereocenters. The summed E-state index contributed by atoms with van der Waals surface area (Å²) in [6.07, 6.45) is 3.32. The quantitative estimate of drug-likeness (QED) is 0.911. The maximum atomic E-state index is 11.2. The van der Waals surface area contributed by atoms with E-state index in [1.165, 1.54) is 5.56 Å². The maximum absolute atomic E-state index is 11.2. The van der Waals surface area contributed by atoms with E-state index in [2.05, 4.69) is 19.2 Å². The zero-order chi connectivity index (χ0) is 15.7. The first-order chi connectivity index (χ1) is 10.6. The third-order valence-electron chi connectivity index (χ3n) is 4.05. The van der Waals surface area contributed by atoms with Crippen LogP contribution in [0.1, 0.15) is 54.2 Å². The molecule has 0 radical (unpaired) electrons. The SMILES string of the molecule is CC(C)c1nn(-c2cccc(C(=O)O)c2)c2c1CCCCN2. The number of carboxylic acids is 1. The third-order valence-corrected chi connectivity index (χ3v) is 4.05. The zero-order valence-corrected chi connectivity index (χ0v) is 13.0. The van der Waals surface area contributed by atoms with Crippen molar-refractivity contribution < 1.29 is 9.90 Å². The lowest BCUT2D eigenvalue weighted by atomic mass is 10.0. The molecule has 0 spiro atoms. The number of aromatic nitrogens is 2. The van der Waals surface area contributed by atoms with Crippen LogP contribution in [0.4, 0.5) is 5.82 Å². The first kappa shape index (κ1) is 14.6. The molecule has 116 valence electrons. The number of hydrogen-bond acceptors (Lipinski definition) is 3. The predicted molar refractivity (Wildman–Crippen MR) is 86.0 cm³/mol. The molecule has 2 heterocycles. The number of carboxylic acid groups (broad SMARTS) is 1. The van der Waals surface area contributed by atoms with Gasteiger partial charge in [0.1, 0.15) is 5.82 Å². The van der Waals surface area contributed by atoms with Crippen molar-refractivity contribution in [2.75, 3.05) is 11.9 Å². The highest BCUT2D eigenvalue weighted by molar-refractivity contribution is 5.88. The summed E-state index contributed by atoms with van der Waals surface area (Å²) in [4.78, 5) is 11.2. The summed E-state index contributed by atoms with van der Waals surface area (Å²) in [7, 11) is 0. The van der Waals surface area contributed by atoms with E-state index in [9.17, 15) is 9.90 Å². The van der Waals surface area contributed by atoms with Crippen molar-refractivity contribution in [2.45, 2.75) is 39.0 Å². The van der Waals surface area contributed by atoms with Gasteiger partial charge in [-0.1, -0.05) is 19.9 Å². The topological polar surface area (TPSA) is 67.2 Å². The minimum atomic E-state index is -0.919. The molecule has 2 N–H and O–H groups in total. The van der Waals surface area contributed by atoms with Gasteiger partial charge in [0.2, 0.25) is 0 Å². The molecule has 1 aliphatic heterocycles. The van der Waals surface area contributed by atoms with E-state index in [4.69, 9.17) is 5.10 Å². The lowest BCUT2D eigenvalue weighted by Gasteiger charge is -2.09. The van der Waals surface area contributed by atoms with Crippen molar-refractivity contribution in [3.8, 4) is 5.69 Å². The van der Waals surface area contributed by atoms with Gasteiger partial charge in [-0.2, -0.15) is 5.10 Å². The first-order valence-corrected chi connectivity index (χ1v) is 7.77. The van der Waals surface area contributed by atoms with Gasteiger partial charge in [-0.05, 0) is 43.4 Å². The van der Waals surface area contributed by atoms with Gasteiger partial charge in [0.15, 0.2) is 0 Å². The van der Waals surface area contributed by atoms with Crippen molar-refractivity contribution in [3.63, 3.8) is 0 Å². The van der Waals surface area contributed by atoms with Crippen molar-refractivity contribution in [2.24, 2.45) is 0 Å². The molecule has 0 amide bonds. The van der Waals surface area contributed by atoms with Crippen LogP contribution >= 0.6 is 0 Å². The second-order valence-corrected chi connectivity index (χ2v) is 6.02. The minimum absolute atomic E-state index is 0.279. The number of hydrogen-bond donors (Lipinski definition) is 2. The van der Waals surface area contributed by atoms with Crippen molar-refractivity contribution in [1.82, 2.24) is 9.78 Å². The molecule has 0 saturated heterocycles. The van der Waals surface area contributed by atoms with Gasteiger partial charge in [0, 0.05) is 12.1 Å². The fourth-order valence-electron chi connectivity index (χ4n) is 2.95. The Labute approximate surface area is 130 Å². The average molecular weight is 299 g/mol. The van der Waals surface area contributed by atoms with E-state index in [0.29, 0.717) is 5.92 Å². The van der Waals surface area contributed by atoms with Gasteiger partial charge in [0.25, 0.3) is 0 Å². The largest absolute Gasteiger partial charge is 0.478 e. The summed E-state index contributed by atoms with van der Waals surface area (Å²) in [5, 5.41) is 17.4. The number of carbonyl (C=O) groups is 1. The van der Waals surface area contributed by atoms with Crippen LogP contribution in [-0.2, 0) is 6.42 Å². The number of fused-ring (bicyclic) bond motifs is 1. The smallest absolute Gasteiger partial charge is 0.335 e. The van der Waals surface area contributed by atoms with Crippen LogP contribution in [0.3, 0.4) is 0 Å². The van der Waals surface area contributed by atoms with E-state index < -0.39 is 5.97 Å². The molecule has 22 heavy (non-hydrogen) atoms. The zero-order valence-electron chi connectivity index (χ0n) is 13.0. The molecule has 5 nitrogen and oxygen atoms in total. The van der Waals surface area contributed by atoms with E-state index in [0.717, 1.165) is 43.0 Å². The van der Waals surface area contributed by atoms with Gasteiger partial charge in [-0.25, -0.2) is 9.48 Å². The molecule has 1 aromatic heterocycles. The van der Waals surface area contributed by atoms with Crippen LogP contribution in [0, 0.1) is 0 Å². The minimum Gasteiger partial charge on any atom is -0.478 e. The van der Waals surface area contributed by atoms with E-state index in [1.54, 1.807) is 18.2 Å². The van der Waals surface area contributed by atoms with Crippen molar-refractivity contribution >= 4 is 11.8 Å². The number of anilines is 1. The molecule has 0 unspecified atom stereocenters. The van der Waals surface area contributed by atoms with E-state index in [1.807, 2.05) is 10.7 Å². The Bertz CT molecular complexity index is 704. The Hall–Kier alpha value is -2.30. The molecule has 1 aromatic carbocycles. The predicted octanol–water partition coefficient (Wildman–Crippen LogP) is 3.44. The highest BCUT2D eigenvalue weighted by atomic mass is 16.4. The van der Waals surface area contributed by atoms with E-state index in [-0.39, 0.29) is 5.56 Å². The number of benzene rings is 1. The molecular weight excluding hydrogens is 278 g/mol. The van der Waals surface area contributed by atoms with Crippen molar-refractivity contribution in [1.29, 1.82) is 0 Å². The third kappa shape index (κ3) is 2.58. The van der Waals surface area contributed by atoms with Gasteiger partial charge in [-0.3, -0.25) is 0 Å². The number of nitrogens with zero attached hydrogens (tertiary/aromatic N) is 2. The Morgan fingerprint density at radius 1 is 1.36 bits per heavy atom. The lowest BCUT2D eigenvalue weighted by Crippen LogP contribution is -2.08. The normalized spacial score (nSPS) is 14.3. The fourth-order valence-corrected chi connectivity index (χ4v) is 2.95.